The standard InChI is InChI=1S/C14H10ClN5O/c1-21-10-4-2-9(3-5-10)8-20-14-11(7-17-20)13(15)18-12(6-16)19-14/h2-5,7H,8H2,1H3. The summed E-state index contributed by atoms with van der Waals surface area (Å²) in [4.78, 5) is 8.05. The first-order valence-electron chi connectivity index (χ1n) is 6.13. The summed E-state index contributed by atoms with van der Waals surface area (Å²) in [6, 6.07) is 9.54. The topological polar surface area (TPSA) is 76.6 Å². The number of rotatable bonds is 3. The Labute approximate surface area is 125 Å². The molecular weight excluding hydrogens is 290 g/mol. The summed E-state index contributed by atoms with van der Waals surface area (Å²) in [6.07, 6.45) is 1.60. The second kappa shape index (κ2) is 5.38. The predicted molar refractivity (Wildman–Crippen MR) is 77.1 cm³/mol. The second-order valence-corrected chi connectivity index (χ2v) is 4.70. The van der Waals surface area contributed by atoms with Gasteiger partial charge in [-0.05, 0) is 17.7 Å². The molecule has 0 aliphatic rings. The van der Waals surface area contributed by atoms with Crippen LogP contribution in [0.2, 0.25) is 5.15 Å². The molecule has 21 heavy (non-hydrogen) atoms. The number of ether oxygens (including phenoxy) is 1. The monoisotopic (exact) mass is 299 g/mol. The van der Waals surface area contributed by atoms with Crippen LogP contribution in [0.5, 0.6) is 5.75 Å². The lowest BCUT2D eigenvalue weighted by molar-refractivity contribution is 0.414. The van der Waals surface area contributed by atoms with Crippen LogP contribution in [0.15, 0.2) is 30.5 Å². The van der Waals surface area contributed by atoms with Gasteiger partial charge in [-0.1, -0.05) is 23.7 Å². The van der Waals surface area contributed by atoms with Crippen LogP contribution in [0, 0.1) is 11.3 Å². The lowest BCUT2D eigenvalue weighted by Crippen LogP contribution is -2.03. The van der Waals surface area contributed by atoms with E-state index in [2.05, 4.69) is 15.1 Å². The molecule has 0 saturated carbocycles. The van der Waals surface area contributed by atoms with Crippen LogP contribution in [0.1, 0.15) is 11.4 Å². The fourth-order valence-corrected chi connectivity index (χ4v) is 2.20. The highest BCUT2D eigenvalue weighted by atomic mass is 35.5. The molecule has 0 aliphatic heterocycles. The molecule has 0 amide bonds. The van der Waals surface area contributed by atoms with E-state index in [-0.39, 0.29) is 11.0 Å². The van der Waals surface area contributed by atoms with Gasteiger partial charge in [0, 0.05) is 0 Å². The number of fused-ring (bicyclic) bond motifs is 1. The highest BCUT2D eigenvalue weighted by Crippen LogP contribution is 2.21. The number of benzene rings is 1. The summed E-state index contributed by atoms with van der Waals surface area (Å²) in [6.45, 7) is 0.520. The first-order chi connectivity index (χ1) is 10.2. The lowest BCUT2D eigenvalue weighted by atomic mass is 10.2. The maximum Gasteiger partial charge on any atom is 0.235 e. The molecule has 0 bridgehead atoms. The third-order valence-electron chi connectivity index (χ3n) is 3.04. The van der Waals surface area contributed by atoms with E-state index in [1.165, 1.54) is 0 Å². The van der Waals surface area contributed by atoms with Crippen LogP contribution in [0.3, 0.4) is 0 Å². The zero-order valence-corrected chi connectivity index (χ0v) is 11.9. The van der Waals surface area contributed by atoms with Crippen LogP contribution in [0.25, 0.3) is 11.0 Å². The third kappa shape index (κ3) is 2.51. The molecule has 0 N–H and O–H groups in total. The first-order valence-corrected chi connectivity index (χ1v) is 6.51. The molecule has 0 unspecified atom stereocenters. The fraction of sp³-hybridized carbons (Fsp3) is 0.143. The lowest BCUT2D eigenvalue weighted by Gasteiger charge is -2.05. The van der Waals surface area contributed by atoms with Gasteiger partial charge in [0.2, 0.25) is 5.82 Å². The minimum atomic E-state index is 0.0315. The number of nitrogens with zero attached hydrogens (tertiary/aromatic N) is 5. The SMILES string of the molecule is COc1ccc(Cn2ncc3c(Cl)nc(C#N)nc32)cc1. The van der Waals surface area contributed by atoms with Gasteiger partial charge in [-0.15, -0.1) is 0 Å². The molecule has 2 aromatic heterocycles. The molecule has 3 aromatic rings. The van der Waals surface area contributed by atoms with Crippen molar-refractivity contribution in [3.63, 3.8) is 0 Å². The molecule has 7 heteroatoms. The summed E-state index contributed by atoms with van der Waals surface area (Å²) >= 11 is 6.02. The summed E-state index contributed by atoms with van der Waals surface area (Å²) in [7, 11) is 1.62. The second-order valence-electron chi connectivity index (χ2n) is 4.34. The van der Waals surface area contributed by atoms with Crippen LogP contribution < -0.4 is 4.74 Å². The van der Waals surface area contributed by atoms with Crippen molar-refractivity contribution in [3.8, 4) is 11.8 Å². The number of hydrogen-bond acceptors (Lipinski definition) is 5. The van der Waals surface area contributed by atoms with E-state index in [1.54, 1.807) is 18.0 Å². The van der Waals surface area contributed by atoms with Crippen molar-refractivity contribution in [2.75, 3.05) is 7.11 Å². The van der Waals surface area contributed by atoms with E-state index >= 15 is 0 Å². The van der Waals surface area contributed by atoms with Crippen molar-refractivity contribution < 1.29 is 4.74 Å². The van der Waals surface area contributed by atoms with Crippen molar-refractivity contribution in [1.82, 2.24) is 19.7 Å². The summed E-state index contributed by atoms with van der Waals surface area (Å²) < 4.78 is 6.81. The quantitative estimate of drug-likeness (QED) is 0.694. The summed E-state index contributed by atoms with van der Waals surface area (Å²) in [5.74, 6) is 0.824. The van der Waals surface area contributed by atoms with Crippen LogP contribution in [-0.4, -0.2) is 26.9 Å². The number of nitriles is 1. The molecule has 0 saturated heterocycles. The normalized spacial score (nSPS) is 10.5. The number of halogens is 1. The van der Waals surface area contributed by atoms with Crippen molar-refractivity contribution in [2.45, 2.75) is 6.54 Å². The van der Waals surface area contributed by atoms with Gasteiger partial charge in [0.05, 0.1) is 25.2 Å². The average Bonchev–Trinajstić information content (AvgIpc) is 2.91. The average molecular weight is 300 g/mol. The molecule has 1 aromatic carbocycles. The molecule has 0 radical (unpaired) electrons. The minimum Gasteiger partial charge on any atom is -0.497 e. The van der Waals surface area contributed by atoms with Crippen molar-refractivity contribution in [2.24, 2.45) is 0 Å². The van der Waals surface area contributed by atoms with E-state index < -0.39 is 0 Å². The van der Waals surface area contributed by atoms with Gasteiger partial charge >= 0.3 is 0 Å². The van der Waals surface area contributed by atoms with E-state index in [0.29, 0.717) is 17.6 Å². The van der Waals surface area contributed by atoms with Gasteiger partial charge in [-0.3, -0.25) is 0 Å². The van der Waals surface area contributed by atoms with Gasteiger partial charge < -0.3 is 4.74 Å². The third-order valence-corrected chi connectivity index (χ3v) is 3.33. The highest BCUT2D eigenvalue weighted by molar-refractivity contribution is 6.33. The van der Waals surface area contributed by atoms with Crippen LogP contribution in [-0.2, 0) is 6.54 Å². The van der Waals surface area contributed by atoms with E-state index in [0.717, 1.165) is 11.3 Å². The van der Waals surface area contributed by atoms with Gasteiger partial charge in [-0.25, -0.2) is 9.67 Å². The zero-order chi connectivity index (χ0) is 14.8. The van der Waals surface area contributed by atoms with E-state index in [4.69, 9.17) is 21.6 Å². The van der Waals surface area contributed by atoms with Crippen molar-refractivity contribution in [1.29, 1.82) is 5.26 Å². The molecule has 3 rings (SSSR count). The van der Waals surface area contributed by atoms with Gasteiger partial charge in [0.15, 0.2) is 5.65 Å². The van der Waals surface area contributed by atoms with Crippen LogP contribution in [0.4, 0.5) is 0 Å². The predicted octanol–water partition coefficient (Wildman–Crippen LogP) is 2.41. The Bertz CT molecular complexity index is 835. The van der Waals surface area contributed by atoms with E-state index in [9.17, 15) is 0 Å². The zero-order valence-electron chi connectivity index (χ0n) is 11.1. The highest BCUT2D eigenvalue weighted by Gasteiger charge is 2.11. The Morgan fingerprint density at radius 1 is 1.29 bits per heavy atom. The largest absolute Gasteiger partial charge is 0.497 e. The Balaban J connectivity index is 2.00. The molecule has 6 nitrogen and oxygen atoms in total. The Morgan fingerprint density at radius 3 is 2.71 bits per heavy atom. The molecule has 0 atom stereocenters. The van der Waals surface area contributed by atoms with Crippen molar-refractivity contribution in [3.05, 3.63) is 47.0 Å². The summed E-state index contributed by atoms with van der Waals surface area (Å²) in [5.41, 5.74) is 1.58. The summed E-state index contributed by atoms with van der Waals surface area (Å²) in [5, 5.41) is 14.0. The Kier molecular flexibility index (Phi) is 3.42. The molecule has 0 aliphatic carbocycles. The Hall–Kier alpha value is -2.65. The van der Waals surface area contributed by atoms with Crippen molar-refractivity contribution >= 4 is 22.6 Å². The van der Waals surface area contributed by atoms with Gasteiger partial charge in [0.25, 0.3) is 0 Å². The molecule has 2 heterocycles. The number of aromatic nitrogens is 4. The Morgan fingerprint density at radius 2 is 2.05 bits per heavy atom. The van der Waals surface area contributed by atoms with Gasteiger partial charge in [0.1, 0.15) is 17.0 Å². The van der Waals surface area contributed by atoms with Crippen LogP contribution >= 0.6 is 11.6 Å². The maximum atomic E-state index is 8.92. The maximum absolute atomic E-state index is 8.92. The fourth-order valence-electron chi connectivity index (χ4n) is 1.99. The molecule has 104 valence electrons. The molecule has 0 fully saturated rings. The smallest absolute Gasteiger partial charge is 0.235 e. The number of hydrogen-bond donors (Lipinski definition) is 0. The van der Waals surface area contributed by atoms with Gasteiger partial charge in [-0.2, -0.15) is 15.3 Å². The minimum absolute atomic E-state index is 0.0315. The molecular formula is C14H10ClN5O. The molecule has 0 spiro atoms. The van der Waals surface area contributed by atoms with E-state index in [1.807, 2.05) is 30.3 Å². The first kappa shape index (κ1) is 13.3. The number of methoxy groups -OCH3 is 1.